The molecule has 140 valence electrons. The number of anilines is 1. The molecule has 2 aromatic rings. The van der Waals surface area contributed by atoms with Crippen LogP contribution in [-0.4, -0.2) is 27.0 Å². The van der Waals surface area contributed by atoms with Crippen molar-refractivity contribution in [2.75, 3.05) is 11.8 Å². The van der Waals surface area contributed by atoms with Crippen LogP contribution in [0.4, 0.5) is 5.69 Å². The number of methoxy groups -OCH3 is 1. The summed E-state index contributed by atoms with van der Waals surface area (Å²) in [7, 11) is -2.32. The summed E-state index contributed by atoms with van der Waals surface area (Å²) in [4.78, 5) is 12.2. The zero-order valence-corrected chi connectivity index (χ0v) is 16.4. The van der Waals surface area contributed by atoms with Crippen LogP contribution in [0.5, 0.6) is 5.75 Å². The largest absolute Gasteiger partial charge is 0.495 e. The van der Waals surface area contributed by atoms with Crippen molar-refractivity contribution in [3.05, 3.63) is 53.6 Å². The van der Waals surface area contributed by atoms with E-state index in [1.54, 1.807) is 12.1 Å². The first-order chi connectivity index (χ1) is 12.0. The van der Waals surface area contributed by atoms with E-state index in [0.717, 1.165) is 5.56 Å². The molecule has 0 fully saturated rings. The van der Waals surface area contributed by atoms with E-state index in [1.165, 1.54) is 31.4 Å². The Balaban J connectivity index is 2.25. The normalized spacial score (nSPS) is 11.7. The lowest BCUT2D eigenvalue weighted by atomic mass is 10.1. The van der Waals surface area contributed by atoms with Gasteiger partial charge in [-0.15, -0.1) is 0 Å². The van der Waals surface area contributed by atoms with Gasteiger partial charge in [0.25, 0.3) is 15.9 Å². The molecule has 0 saturated carbocycles. The third-order valence-corrected chi connectivity index (χ3v) is 4.90. The molecule has 2 N–H and O–H groups in total. The number of aryl methyl sites for hydroxylation is 1. The molecule has 0 radical (unpaired) electrons. The number of hydrogen-bond donors (Lipinski definition) is 2. The van der Waals surface area contributed by atoms with Crippen LogP contribution in [0.3, 0.4) is 0 Å². The number of nitrogens with one attached hydrogen (secondary N) is 2. The van der Waals surface area contributed by atoms with Crippen LogP contribution in [0, 0.1) is 6.92 Å². The minimum absolute atomic E-state index is 0.0633. The van der Waals surface area contributed by atoms with Crippen molar-refractivity contribution in [1.29, 1.82) is 0 Å². The zero-order chi connectivity index (χ0) is 19.5. The van der Waals surface area contributed by atoms with Gasteiger partial charge in [-0.3, -0.25) is 9.52 Å². The Hall–Kier alpha value is -2.54. The summed E-state index contributed by atoms with van der Waals surface area (Å²) in [6, 6.07) is 11.0. The van der Waals surface area contributed by atoms with Crippen LogP contribution in [0.25, 0.3) is 0 Å². The molecule has 7 heteroatoms. The Morgan fingerprint density at radius 2 is 1.65 bits per heavy atom. The molecular weight excluding hydrogens is 352 g/mol. The van der Waals surface area contributed by atoms with E-state index in [1.807, 2.05) is 33.8 Å². The van der Waals surface area contributed by atoms with Crippen molar-refractivity contribution in [2.24, 2.45) is 0 Å². The van der Waals surface area contributed by atoms with Crippen LogP contribution in [0.2, 0.25) is 0 Å². The molecular formula is C19H24N2O4S. The predicted octanol–water partition coefficient (Wildman–Crippen LogP) is 3.33. The van der Waals surface area contributed by atoms with Gasteiger partial charge in [-0.1, -0.05) is 6.07 Å². The predicted molar refractivity (Wildman–Crippen MR) is 102 cm³/mol. The van der Waals surface area contributed by atoms with E-state index in [-0.39, 0.29) is 16.3 Å². The Labute approximate surface area is 154 Å². The first kappa shape index (κ1) is 19.8. The van der Waals surface area contributed by atoms with Gasteiger partial charge in [0.1, 0.15) is 5.75 Å². The monoisotopic (exact) mass is 376 g/mol. The van der Waals surface area contributed by atoms with E-state index >= 15 is 0 Å². The van der Waals surface area contributed by atoms with Crippen molar-refractivity contribution in [1.82, 2.24) is 5.32 Å². The molecule has 0 saturated heterocycles. The molecule has 0 unspecified atom stereocenters. The summed E-state index contributed by atoms with van der Waals surface area (Å²) in [6.45, 7) is 7.49. The fraction of sp³-hybridized carbons (Fsp3) is 0.316. The first-order valence-corrected chi connectivity index (χ1v) is 9.60. The maximum Gasteiger partial charge on any atom is 0.262 e. The van der Waals surface area contributed by atoms with Crippen molar-refractivity contribution in [3.63, 3.8) is 0 Å². The highest BCUT2D eigenvalue weighted by atomic mass is 32.2. The van der Waals surface area contributed by atoms with Gasteiger partial charge in [0.15, 0.2) is 0 Å². The number of rotatable bonds is 5. The van der Waals surface area contributed by atoms with Crippen LogP contribution in [-0.2, 0) is 10.0 Å². The number of benzene rings is 2. The van der Waals surface area contributed by atoms with E-state index in [4.69, 9.17) is 4.74 Å². The number of amides is 1. The summed E-state index contributed by atoms with van der Waals surface area (Å²) in [5.41, 5.74) is 1.29. The van der Waals surface area contributed by atoms with E-state index in [0.29, 0.717) is 17.0 Å². The lowest BCUT2D eigenvalue weighted by Gasteiger charge is -2.20. The van der Waals surface area contributed by atoms with Crippen LogP contribution >= 0.6 is 0 Å². The third kappa shape index (κ3) is 4.98. The average molecular weight is 376 g/mol. The van der Waals surface area contributed by atoms with Crippen molar-refractivity contribution in [2.45, 2.75) is 38.1 Å². The molecule has 2 aromatic carbocycles. The maximum absolute atomic E-state index is 12.6. The fourth-order valence-corrected chi connectivity index (χ4v) is 3.36. The van der Waals surface area contributed by atoms with Crippen LogP contribution < -0.4 is 14.8 Å². The van der Waals surface area contributed by atoms with Crippen molar-refractivity contribution >= 4 is 21.6 Å². The Bertz CT molecular complexity index is 898. The highest BCUT2D eigenvalue weighted by molar-refractivity contribution is 7.92. The van der Waals surface area contributed by atoms with Crippen molar-refractivity contribution in [3.8, 4) is 5.75 Å². The SMILES string of the molecule is COc1ccc(C)cc1NS(=O)(=O)c1ccc(C(=O)NC(C)(C)C)cc1. The van der Waals surface area contributed by atoms with E-state index in [9.17, 15) is 13.2 Å². The molecule has 0 atom stereocenters. The lowest BCUT2D eigenvalue weighted by Crippen LogP contribution is -2.40. The zero-order valence-electron chi connectivity index (χ0n) is 15.6. The van der Waals surface area contributed by atoms with Gasteiger partial charge in [-0.2, -0.15) is 0 Å². The summed E-state index contributed by atoms with van der Waals surface area (Å²) in [5, 5.41) is 2.83. The average Bonchev–Trinajstić information content (AvgIpc) is 2.53. The molecule has 0 aliphatic carbocycles. The highest BCUT2D eigenvalue weighted by Crippen LogP contribution is 2.27. The molecule has 0 heterocycles. The number of carbonyl (C=O) groups is 1. The second kappa shape index (κ2) is 7.37. The topological polar surface area (TPSA) is 84.5 Å². The molecule has 0 spiro atoms. The quantitative estimate of drug-likeness (QED) is 0.838. The third-order valence-electron chi connectivity index (χ3n) is 3.51. The Morgan fingerprint density at radius 1 is 1.04 bits per heavy atom. The molecule has 6 nitrogen and oxygen atoms in total. The minimum atomic E-state index is -3.80. The van der Waals surface area contributed by atoms with E-state index in [2.05, 4.69) is 10.0 Å². The van der Waals surface area contributed by atoms with Gasteiger partial charge in [0.05, 0.1) is 17.7 Å². The van der Waals surface area contributed by atoms with Crippen LogP contribution in [0.1, 0.15) is 36.7 Å². The molecule has 2 rings (SSSR count). The molecule has 26 heavy (non-hydrogen) atoms. The second-order valence-corrected chi connectivity index (χ2v) is 8.72. The summed E-state index contributed by atoms with van der Waals surface area (Å²) in [6.07, 6.45) is 0. The molecule has 0 bridgehead atoms. The van der Waals surface area contributed by atoms with Gasteiger partial charge >= 0.3 is 0 Å². The Kier molecular flexibility index (Phi) is 5.61. The smallest absolute Gasteiger partial charge is 0.262 e. The van der Waals surface area contributed by atoms with Gasteiger partial charge < -0.3 is 10.1 Å². The summed E-state index contributed by atoms with van der Waals surface area (Å²) in [5.74, 6) is 0.176. The summed E-state index contributed by atoms with van der Waals surface area (Å²) >= 11 is 0. The lowest BCUT2D eigenvalue weighted by molar-refractivity contribution is 0.0919. The number of carbonyl (C=O) groups excluding carboxylic acids is 1. The number of ether oxygens (including phenoxy) is 1. The number of hydrogen-bond acceptors (Lipinski definition) is 4. The van der Waals surface area contributed by atoms with Crippen molar-refractivity contribution < 1.29 is 17.9 Å². The van der Waals surface area contributed by atoms with Crippen LogP contribution in [0.15, 0.2) is 47.4 Å². The van der Waals surface area contributed by atoms with E-state index < -0.39 is 10.0 Å². The molecule has 0 aliphatic rings. The van der Waals surface area contributed by atoms with Gasteiger partial charge in [0.2, 0.25) is 0 Å². The molecule has 0 aliphatic heterocycles. The second-order valence-electron chi connectivity index (χ2n) is 7.04. The van der Waals surface area contributed by atoms with Gasteiger partial charge in [-0.05, 0) is 69.7 Å². The standard InChI is InChI=1S/C19H24N2O4S/c1-13-6-11-17(25-5)16(12-13)21-26(23,24)15-9-7-14(8-10-15)18(22)20-19(2,3)4/h6-12,21H,1-5H3,(H,20,22). The van der Waals surface area contributed by atoms with Gasteiger partial charge in [-0.25, -0.2) is 8.42 Å². The first-order valence-electron chi connectivity index (χ1n) is 8.12. The minimum Gasteiger partial charge on any atom is -0.495 e. The number of sulfonamides is 1. The Morgan fingerprint density at radius 3 is 2.19 bits per heavy atom. The van der Waals surface area contributed by atoms with Gasteiger partial charge in [0, 0.05) is 11.1 Å². The molecule has 1 amide bonds. The maximum atomic E-state index is 12.6. The summed E-state index contributed by atoms with van der Waals surface area (Å²) < 4.78 is 33.0. The fourth-order valence-electron chi connectivity index (χ4n) is 2.30. The highest BCUT2D eigenvalue weighted by Gasteiger charge is 2.19. The molecule has 0 aromatic heterocycles.